The molecule has 1 N–H and O–H groups in total. The highest BCUT2D eigenvalue weighted by Gasteiger charge is 2.28. The van der Waals surface area contributed by atoms with Gasteiger partial charge >= 0.3 is 0 Å². The molecular weight excluding hydrogens is 272 g/mol. The monoisotopic (exact) mass is 290 g/mol. The van der Waals surface area contributed by atoms with Crippen molar-refractivity contribution in [3.63, 3.8) is 0 Å². The molecule has 2 aromatic rings. The topological polar surface area (TPSA) is 41.0 Å². The number of anilines is 1. The van der Waals surface area contributed by atoms with Crippen molar-refractivity contribution in [1.29, 1.82) is 0 Å². The third-order valence-corrected chi connectivity index (χ3v) is 4.17. The predicted octanol–water partition coefficient (Wildman–Crippen LogP) is 2.81. The lowest BCUT2D eigenvalue weighted by Gasteiger charge is -2.40. The Morgan fingerprint density at radius 1 is 1.25 bits per heavy atom. The van der Waals surface area contributed by atoms with E-state index in [1.165, 1.54) is 5.56 Å². The fourth-order valence-corrected chi connectivity index (χ4v) is 2.82. The van der Waals surface area contributed by atoms with Gasteiger partial charge in [-0.1, -0.05) is 25.4 Å². The van der Waals surface area contributed by atoms with Gasteiger partial charge < -0.3 is 10.2 Å². The Morgan fingerprint density at radius 2 is 2.00 bits per heavy atom. The van der Waals surface area contributed by atoms with Crippen molar-refractivity contribution in [2.75, 3.05) is 25.0 Å². The number of likely N-dealkylation sites (N-methyl/N-ethyl adjacent to an activating group) is 1. The lowest BCUT2D eigenvalue weighted by molar-refractivity contribution is 0.448. The van der Waals surface area contributed by atoms with E-state index < -0.39 is 0 Å². The molecule has 2 aromatic heterocycles. The summed E-state index contributed by atoms with van der Waals surface area (Å²) >= 11 is 6.07. The molecule has 20 heavy (non-hydrogen) atoms. The van der Waals surface area contributed by atoms with E-state index in [9.17, 15) is 0 Å². The second-order valence-electron chi connectivity index (χ2n) is 5.64. The maximum absolute atomic E-state index is 6.07. The van der Waals surface area contributed by atoms with E-state index in [4.69, 9.17) is 11.6 Å². The molecule has 106 valence electrons. The lowest BCUT2D eigenvalue weighted by atomic mass is 9.98. The minimum atomic E-state index is 0.416. The standard InChI is InChI=1S/C15H19ClN4/c1-9(2)12-5-19-15(20-7-10(8-20)17-3)13-6-18-14(16)4-11(12)13/h4-6,9-10,17H,7-8H2,1-3H3. The van der Waals surface area contributed by atoms with Crippen molar-refractivity contribution in [2.45, 2.75) is 25.8 Å². The summed E-state index contributed by atoms with van der Waals surface area (Å²) < 4.78 is 0. The third-order valence-electron chi connectivity index (χ3n) is 3.96. The van der Waals surface area contributed by atoms with Crippen LogP contribution in [0.25, 0.3) is 10.8 Å². The SMILES string of the molecule is CNC1CN(c2ncc(C(C)C)c3cc(Cl)ncc23)C1. The number of halogens is 1. The molecule has 1 aliphatic rings. The molecule has 1 saturated heterocycles. The first-order chi connectivity index (χ1) is 9.60. The van der Waals surface area contributed by atoms with Crippen LogP contribution in [0.1, 0.15) is 25.3 Å². The van der Waals surface area contributed by atoms with Gasteiger partial charge in [0.15, 0.2) is 0 Å². The Kier molecular flexibility index (Phi) is 3.52. The minimum absolute atomic E-state index is 0.416. The molecule has 1 aliphatic heterocycles. The number of nitrogens with zero attached hydrogens (tertiary/aromatic N) is 3. The van der Waals surface area contributed by atoms with E-state index in [-0.39, 0.29) is 0 Å². The highest BCUT2D eigenvalue weighted by Crippen LogP contribution is 2.33. The van der Waals surface area contributed by atoms with Gasteiger partial charge in [0.1, 0.15) is 11.0 Å². The number of hydrogen-bond donors (Lipinski definition) is 1. The molecule has 0 saturated carbocycles. The van der Waals surface area contributed by atoms with Crippen LogP contribution >= 0.6 is 11.6 Å². The lowest BCUT2D eigenvalue weighted by Crippen LogP contribution is -2.57. The normalized spacial score (nSPS) is 15.9. The summed E-state index contributed by atoms with van der Waals surface area (Å²) in [5, 5.41) is 6.07. The fourth-order valence-electron chi connectivity index (χ4n) is 2.66. The minimum Gasteiger partial charge on any atom is -0.353 e. The first kappa shape index (κ1) is 13.6. The van der Waals surface area contributed by atoms with Crippen LogP contribution in [-0.2, 0) is 0 Å². The van der Waals surface area contributed by atoms with E-state index in [1.807, 2.05) is 25.5 Å². The number of hydrogen-bond acceptors (Lipinski definition) is 4. The summed E-state index contributed by atoms with van der Waals surface area (Å²) in [4.78, 5) is 11.2. The first-order valence-electron chi connectivity index (χ1n) is 6.96. The van der Waals surface area contributed by atoms with Gasteiger partial charge in [-0.2, -0.15) is 0 Å². The van der Waals surface area contributed by atoms with E-state index in [2.05, 4.69) is 34.0 Å². The molecule has 0 radical (unpaired) electrons. The average molecular weight is 291 g/mol. The Balaban J connectivity index is 2.09. The van der Waals surface area contributed by atoms with Crippen LogP contribution in [0.2, 0.25) is 5.15 Å². The van der Waals surface area contributed by atoms with Crippen LogP contribution in [0.5, 0.6) is 0 Å². The molecule has 4 nitrogen and oxygen atoms in total. The zero-order valence-electron chi connectivity index (χ0n) is 12.0. The number of pyridine rings is 2. The third kappa shape index (κ3) is 2.23. The van der Waals surface area contributed by atoms with Gasteiger partial charge in [0.25, 0.3) is 0 Å². The molecule has 0 bridgehead atoms. The number of fused-ring (bicyclic) bond motifs is 1. The number of aromatic nitrogens is 2. The summed E-state index contributed by atoms with van der Waals surface area (Å²) in [5.74, 6) is 1.43. The van der Waals surface area contributed by atoms with Gasteiger partial charge in [0, 0.05) is 36.9 Å². The van der Waals surface area contributed by atoms with Crippen LogP contribution in [0.4, 0.5) is 5.82 Å². The van der Waals surface area contributed by atoms with E-state index in [0.717, 1.165) is 29.7 Å². The quantitative estimate of drug-likeness (QED) is 0.883. The molecule has 5 heteroatoms. The molecule has 0 aliphatic carbocycles. The zero-order valence-corrected chi connectivity index (χ0v) is 12.8. The van der Waals surface area contributed by atoms with Gasteiger partial charge in [-0.25, -0.2) is 9.97 Å². The summed E-state index contributed by atoms with van der Waals surface area (Å²) in [5.41, 5.74) is 1.22. The molecule has 1 fully saturated rings. The molecule has 0 atom stereocenters. The second-order valence-corrected chi connectivity index (χ2v) is 6.02. The number of rotatable bonds is 3. The van der Waals surface area contributed by atoms with E-state index in [1.54, 1.807) is 0 Å². The first-order valence-corrected chi connectivity index (χ1v) is 7.34. The highest BCUT2D eigenvalue weighted by molar-refractivity contribution is 6.30. The summed E-state index contributed by atoms with van der Waals surface area (Å²) in [6, 6.07) is 2.50. The largest absolute Gasteiger partial charge is 0.353 e. The maximum atomic E-state index is 6.07. The van der Waals surface area contributed by atoms with E-state index >= 15 is 0 Å². The van der Waals surface area contributed by atoms with Crippen molar-refractivity contribution in [3.8, 4) is 0 Å². The molecule has 0 unspecified atom stereocenters. The van der Waals surface area contributed by atoms with E-state index in [0.29, 0.717) is 17.1 Å². The molecule has 0 amide bonds. The van der Waals surface area contributed by atoms with Crippen LogP contribution in [0.15, 0.2) is 18.5 Å². The average Bonchev–Trinajstić information content (AvgIpc) is 2.36. The van der Waals surface area contributed by atoms with Crippen molar-refractivity contribution >= 4 is 28.2 Å². The zero-order chi connectivity index (χ0) is 14.3. The van der Waals surface area contributed by atoms with Gasteiger partial charge in [0.2, 0.25) is 0 Å². The Labute approximate surface area is 124 Å². The van der Waals surface area contributed by atoms with Crippen molar-refractivity contribution in [3.05, 3.63) is 29.2 Å². The number of nitrogens with one attached hydrogen (secondary N) is 1. The Bertz CT molecular complexity index is 635. The molecule has 0 spiro atoms. The van der Waals surface area contributed by atoms with Crippen molar-refractivity contribution in [1.82, 2.24) is 15.3 Å². The Hall–Kier alpha value is -1.39. The molecule has 0 aromatic carbocycles. The van der Waals surface area contributed by atoms with Gasteiger partial charge in [-0.3, -0.25) is 0 Å². The van der Waals surface area contributed by atoms with Crippen LogP contribution in [-0.4, -0.2) is 36.1 Å². The van der Waals surface area contributed by atoms with Crippen molar-refractivity contribution in [2.24, 2.45) is 0 Å². The smallest absolute Gasteiger partial charge is 0.138 e. The van der Waals surface area contributed by atoms with Crippen LogP contribution in [0, 0.1) is 0 Å². The maximum Gasteiger partial charge on any atom is 0.138 e. The summed E-state index contributed by atoms with van der Waals surface area (Å²) in [6.07, 6.45) is 3.82. The summed E-state index contributed by atoms with van der Waals surface area (Å²) in [7, 11) is 2.00. The highest BCUT2D eigenvalue weighted by atomic mass is 35.5. The second kappa shape index (κ2) is 5.19. The van der Waals surface area contributed by atoms with Crippen molar-refractivity contribution < 1.29 is 0 Å². The van der Waals surface area contributed by atoms with Gasteiger partial charge in [-0.15, -0.1) is 0 Å². The van der Waals surface area contributed by atoms with Crippen LogP contribution in [0.3, 0.4) is 0 Å². The molecular formula is C15H19ClN4. The predicted molar refractivity (Wildman–Crippen MR) is 83.7 cm³/mol. The van der Waals surface area contributed by atoms with Crippen LogP contribution < -0.4 is 10.2 Å². The van der Waals surface area contributed by atoms with Gasteiger partial charge in [-0.05, 0) is 30.0 Å². The molecule has 3 heterocycles. The molecule has 3 rings (SSSR count). The fraction of sp³-hybridized carbons (Fsp3) is 0.467. The van der Waals surface area contributed by atoms with Gasteiger partial charge in [0.05, 0.1) is 0 Å². The summed E-state index contributed by atoms with van der Waals surface area (Å²) in [6.45, 7) is 6.32. The Morgan fingerprint density at radius 3 is 2.65 bits per heavy atom.